The normalized spacial score (nSPS) is 17.7. The number of hydrogen-bond donors (Lipinski definition) is 2. The van der Waals surface area contributed by atoms with Crippen LogP contribution in [-0.4, -0.2) is 24.1 Å². The summed E-state index contributed by atoms with van der Waals surface area (Å²) >= 11 is 5.81. The van der Waals surface area contributed by atoms with Crippen LogP contribution in [0.3, 0.4) is 0 Å². The van der Waals surface area contributed by atoms with Crippen LogP contribution in [0.25, 0.3) is 0 Å². The standard InChI is InChI=1S/C11H16ClN3/c1-8-10(2-3-11(12)14-8)15-9-4-6-13-7-5-9/h2-3,9,13,15H,4-7H2,1H3. The van der Waals surface area contributed by atoms with Crippen molar-refractivity contribution in [3.8, 4) is 0 Å². The van der Waals surface area contributed by atoms with E-state index in [-0.39, 0.29) is 0 Å². The Morgan fingerprint density at radius 2 is 2.13 bits per heavy atom. The SMILES string of the molecule is Cc1nc(Cl)ccc1NC1CCNCC1. The average molecular weight is 226 g/mol. The van der Waals surface area contributed by atoms with Gasteiger partial charge in [-0.15, -0.1) is 0 Å². The minimum absolute atomic E-state index is 0.559. The van der Waals surface area contributed by atoms with Crippen LogP contribution in [0.15, 0.2) is 12.1 Å². The maximum absolute atomic E-state index is 5.81. The summed E-state index contributed by atoms with van der Waals surface area (Å²) in [6.45, 7) is 4.17. The number of halogens is 1. The van der Waals surface area contributed by atoms with Crippen molar-refractivity contribution in [1.29, 1.82) is 0 Å². The summed E-state index contributed by atoms with van der Waals surface area (Å²) in [6.07, 6.45) is 2.34. The molecule has 15 heavy (non-hydrogen) atoms. The van der Waals surface area contributed by atoms with Gasteiger partial charge < -0.3 is 10.6 Å². The van der Waals surface area contributed by atoms with Crippen molar-refractivity contribution in [2.24, 2.45) is 0 Å². The fourth-order valence-corrected chi connectivity index (χ4v) is 2.06. The zero-order valence-electron chi connectivity index (χ0n) is 8.89. The molecule has 1 aliphatic heterocycles. The Morgan fingerprint density at radius 1 is 1.40 bits per heavy atom. The van der Waals surface area contributed by atoms with Gasteiger partial charge in [-0.2, -0.15) is 0 Å². The van der Waals surface area contributed by atoms with Crippen molar-refractivity contribution in [3.05, 3.63) is 23.0 Å². The third-order valence-electron chi connectivity index (χ3n) is 2.75. The fourth-order valence-electron chi connectivity index (χ4n) is 1.87. The summed E-state index contributed by atoms with van der Waals surface area (Å²) in [5.41, 5.74) is 2.08. The van der Waals surface area contributed by atoms with Crippen LogP contribution in [0.1, 0.15) is 18.5 Å². The van der Waals surface area contributed by atoms with Gasteiger partial charge in [-0.3, -0.25) is 0 Å². The number of nitrogens with zero attached hydrogens (tertiary/aromatic N) is 1. The molecule has 0 amide bonds. The molecular formula is C11H16ClN3. The minimum atomic E-state index is 0.559. The highest BCUT2D eigenvalue weighted by molar-refractivity contribution is 6.29. The van der Waals surface area contributed by atoms with E-state index in [1.54, 1.807) is 0 Å². The molecule has 0 aliphatic carbocycles. The molecule has 0 bridgehead atoms. The molecule has 82 valence electrons. The van der Waals surface area contributed by atoms with Crippen LogP contribution in [-0.2, 0) is 0 Å². The van der Waals surface area contributed by atoms with E-state index in [0.717, 1.165) is 24.5 Å². The first-order valence-electron chi connectivity index (χ1n) is 5.36. The van der Waals surface area contributed by atoms with Gasteiger partial charge in [-0.1, -0.05) is 11.6 Å². The highest BCUT2D eigenvalue weighted by Crippen LogP contribution is 2.18. The van der Waals surface area contributed by atoms with Gasteiger partial charge in [0.25, 0.3) is 0 Å². The molecule has 0 saturated carbocycles. The third-order valence-corrected chi connectivity index (χ3v) is 2.96. The number of anilines is 1. The number of aromatic nitrogens is 1. The lowest BCUT2D eigenvalue weighted by Crippen LogP contribution is -2.35. The Labute approximate surface area is 95.2 Å². The maximum atomic E-state index is 5.81. The largest absolute Gasteiger partial charge is 0.381 e. The van der Waals surface area contributed by atoms with E-state index in [4.69, 9.17) is 11.6 Å². The van der Waals surface area contributed by atoms with Crippen molar-refractivity contribution in [1.82, 2.24) is 10.3 Å². The molecule has 4 heteroatoms. The van der Waals surface area contributed by atoms with E-state index in [2.05, 4.69) is 15.6 Å². The summed E-state index contributed by atoms with van der Waals surface area (Å²) in [5.74, 6) is 0. The van der Waals surface area contributed by atoms with Crippen molar-refractivity contribution >= 4 is 17.3 Å². The smallest absolute Gasteiger partial charge is 0.129 e. The second-order valence-corrected chi connectivity index (χ2v) is 4.32. The predicted octanol–water partition coefficient (Wildman–Crippen LogP) is 2.21. The molecule has 1 aromatic heterocycles. The van der Waals surface area contributed by atoms with Crippen molar-refractivity contribution in [3.63, 3.8) is 0 Å². The Hall–Kier alpha value is -0.800. The van der Waals surface area contributed by atoms with E-state index in [1.165, 1.54) is 12.8 Å². The number of hydrogen-bond acceptors (Lipinski definition) is 3. The van der Waals surface area contributed by atoms with Gasteiger partial charge in [-0.25, -0.2) is 4.98 Å². The number of aryl methyl sites for hydroxylation is 1. The van der Waals surface area contributed by atoms with E-state index in [1.807, 2.05) is 19.1 Å². The first kappa shape index (κ1) is 10.7. The van der Waals surface area contributed by atoms with Crippen LogP contribution < -0.4 is 10.6 Å². The topological polar surface area (TPSA) is 37.0 Å². The number of piperidine rings is 1. The van der Waals surface area contributed by atoms with Crippen molar-refractivity contribution in [2.75, 3.05) is 18.4 Å². The summed E-state index contributed by atoms with van der Waals surface area (Å²) in [6, 6.07) is 4.40. The second-order valence-electron chi connectivity index (χ2n) is 3.94. The molecule has 0 unspecified atom stereocenters. The molecule has 1 fully saturated rings. The average Bonchev–Trinajstić information content (AvgIpc) is 2.24. The molecule has 0 aromatic carbocycles. The predicted molar refractivity (Wildman–Crippen MR) is 63.5 cm³/mol. The lowest BCUT2D eigenvalue weighted by molar-refractivity contribution is 0.479. The molecule has 2 rings (SSSR count). The molecule has 0 spiro atoms. The molecule has 2 heterocycles. The molecular weight excluding hydrogens is 210 g/mol. The highest BCUT2D eigenvalue weighted by atomic mass is 35.5. The summed E-state index contributed by atoms with van der Waals surface area (Å²) in [7, 11) is 0. The van der Waals surface area contributed by atoms with E-state index >= 15 is 0 Å². The number of pyridine rings is 1. The first-order valence-corrected chi connectivity index (χ1v) is 5.74. The molecule has 2 N–H and O–H groups in total. The molecule has 1 aromatic rings. The van der Waals surface area contributed by atoms with Gasteiger partial charge in [0.15, 0.2) is 0 Å². The zero-order valence-corrected chi connectivity index (χ0v) is 9.64. The van der Waals surface area contributed by atoms with E-state index < -0.39 is 0 Å². The molecule has 1 aliphatic rings. The van der Waals surface area contributed by atoms with E-state index in [9.17, 15) is 0 Å². The quantitative estimate of drug-likeness (QED) is 0.758. The second kappa shape index (κ2) is 4.81. The number of nitrogens with one attached hydrogen (secondary N) is 2. The Kier molecular flexibility index (Phi) is 3.44. The van der Waals surface area contributed by atoms with E-state index in [0.29, 0.717) is 11.2 Å². The van der Waals surface area contributed by atoms with Gasteiger partial charge in [0.1, 0.15) is 5.15 Å². The summed E-state index contributed by atoms with van der Waals surface area (Å²) < 4.78 is 0. The minimum Gasteiger partial charge on any atom is -0.381 e. The Balaban J connectivity index is 2.03. The van der Waals surface area contributed by atoms with Crippen LogP contribution in [0.2, 0.25) is 5.15 Å². The highest BCUT2D eigenvalue weighted by Gasteiger charge is 2.13. The summed E-state index contributed by atoms with van der Waals surface area (Å²) in [5, 5.41) is 7.42. The van der Waals surface area contributed by atoms with Crippen molar-refractivity contribution < 1.29 is 0 Å². The van der Waals surface area contributed by atoms with Crippen LogP contribution in [0.4, 0.5) is 5.69 Å². The number of rotatable bonds is 2. The molecule has 3 nitrogen and oxygen atoms in total. The monoisotopic (exact) mass is 225 g/mol. The molecule has 0 atom stereocenters. The molecule has 0 radical (unpaired) electrons. The third kappa shape index (κ3) is 2.83. The molecule has 1 saturated heterocycles. The Morgan fingerprint density at radius 3 is 2.80 bits per heavy atom. The first-order chi connectivity index (χ1) is 7.25. The fraction of sp³-hybridized carbons (Fsp3) is 0.545. The van der Waals surface area contributed by atoms with Gasteiger partial charge >= 0.3 is 0 Å². The van der Waals surface area contributed by atoms with Crippen molar-refractivity contribution in [2.45, 2.75) is 25.8 Å². The lowest BCUT2D eigenvalue weighted by Gasteiger charge is -2.25. The van der Waals surface area contributed by atoms with Gasteiger partial charge in [0, 0.05) is 6.04 Å². The van der Waals surface area contributed by atoms with Crippen LogP contribution in [0.5, 0.6) is 0 Å². The zero-order chi connectivity index (χ0) is 10.7. The Bertz CT molecular complexity index is 335. The van der Waals surface area contributed by atoms with Gasteiger partial charge in [0.05, 0.1) is 11.4 Å². The summed E-state index contributed by atoms with van der Waals surface area (Å²) in [4.78, 5) is 4.23. The van der Waals surface area contributed by atoms with Crippen LogP contribution >= 0.6 is 11.6 Å². The maximum Gasteiger partial charge on any atom is 0.129 e. The van der Waals surface area contributed by atoms with Crippen LogP contribution in [0, 0.1) is 6.92 Å². The van der Waals surface area contributed by atoms with Gasteiger partial charge in [0.2, 0.25) is 0 Å². The lowest BCUT2D eigenvalue weighted by atomic mass is 10.1. The van der Waals surface area contributed by atoms with Gasteiger partial charge in [-0.05, 0) is 45.0 Å².